The van der Waals surface area contributed by atoms with Crippen LogP contribution in [0.3, 0.4) is 0 Å². The molecule has 1 aromatic heterocycles. The topological polar surface area (TPSA) is 65.6 Å². The molecule has 2 aromatic carbocycles. The quantitative estimate of drug-likeness (QED) is 0.631. The molecule has 26 heavy (non-hydrogen) atoms. The predicted octanol–water partition coefficient (Wildman–Crippen LogP) is 5.01. The first kappa shape index (κ1) is 18.0. The van der Waals surface area contributed by atoms with Crippen LogP contribution >= 0.6 is 0 Å². The Morgan fingerprint density at radius 2 is 1.85 bits per heavy atom. The minimum Gasteiger partial charge on any atom is -0.354 e. The molecule has 0 amide bonds. The summed E-state index contributed by atoms with van der Waals surface area (Å²) in [5, 5.41) is 9.94. The fraction of sp³-hybridized carbons (Fsp3) is 0.250. The van der Waals surface area contributed by atoms with Gasteiger partial charge in [0.25, 0.3) is 0 Å². The van der Waals surface area contributed by atoms with Crippen LogP contribution in [0.4, 0.5) is 13.2 Å². The number of hydrogen-bond acceptors (Lipinski definition) is 2. The van der Waals surface area contributed by atoms with E-state index in [1.165, 1.54) is 12.1 Å². The van der Waals surface area contributed by atoms with Crippen LogP contribution in [-0.2, 0) is 12.6 Å². The molecule has 0 atom stereocenters. The molecule has 0 unspecified atom stereocenters. The van der Waals surface area contributed by atoms with Crippen molar-refractivity contribution < 1.29 is 13.2 Å². The Morgan fingerprint density at radius 1 is 1.08 bits per heavy atom. The number of hydrogen-bond donors (Lipinski definition) is 2. The van der Waals surface area contributed by atoms with E-state index in [0.29, 0.717) is 24.2 Å². The normalized spacial score (nSPS) is 11.7. The van der Waals surface area contributed by atoms with Gasteiger partial charge in [0.2, 0.25) is 0 Å². The van der Waals surface area contributed by atoms with Gasteiger partial charge in [0.1, 0.15) is 0 Å². The lowest BCUT2D eigenvalue weighted by atomic mass is 9.96. The molecule has 0 spiro atoms. The molecule has 6 heteroatoms. The maximum absolute atomic E-state index is 13.5. The van der Waals surface area contributed by atoms with Crippen molar-refractivity contribution in [3.63, 3.8) is 0 Å². The molecule has 3 nitrogen and oxygen atoms in total. The number of aromatic nitrogens is 1. The Bertz CT molecular complexity index is 965. The molecule has 0 aliphatic rings. The molecule has 3 rings (SSSR count). The van der Waals surface area contributed by atoms with E-state index in [2.05, 4.69) is 11.1 Å². The summed E-state index contributed by atoms with van der Waals surface area (Å²) in [6.45, 7) is 0.528. The summed E-state index contributed by atoms with van der Waals surface area (Å²) in [4.78, 5) is 3.13. The second-order valence-electron chi connectivity index (χ2n) is 6.14. The molecule has 0 fully saturated rings. The first-order chi connectivity index (χ1) is 12.5. The number of aromatic amines is 1. The van der Waals surface area contributed by atoms with Crippen LogP contribution in [0.2, 0.25) is 0 Å². The maximum atomic E-state index is 13.5. The van der Waals surface area contributed by atoms with E-state index in [4.69, 9.17) is 11.0 Å². The van der Waals surface area contributed by atoms with Gasteiger partial charge in [-0.15, -0.1) is 0 Å². The van der Waals surface area contributed by atoms with Gasteiger partial charge in [-0.25, -0.2) is 0 Å². The predicted molar refractivity (Wildman–Crippen MR) is 95.4 cm³/mol. The molecule has 0 saturated carbocycles. The highest BCUT2D eigenvalue weighted by Crippen LogP contribution is 2.40. The van der Waals surface area contributed by atoms with Crippen molar-refractivity contribution in [2.24, 2.45) is 5.73 Å². The molecule has 0 radical (unpaired) electrons. The van der Waals surface area contributed by atoms with Gasteiger partial charge >= 0.3 is 6.18 Å². The third-order valence-corrected chi connectivity index (χ3v) is 4.42. The van der Waals surface area contributed by atoms with Crippen LogP contribution in [-0.4, -0.2) is 11.5 Å². The smallest absolute Gasteiger partial charge is 0.354 e. The highest BCUT2D eigenvalue weighted by Gasteiger charge is 2.34. The lowest BCUT2D eigenvalue weighted by Crippen LogP contribution is -2.07. The van der Waals surface area contributed by atoms with Crippen molar-refractivity contribution in [2.45, 2.75) is 25.4 Å². The van der Waals surface area contributed by atoms with E-state index in [0.717, 1.165) is 35.4 Å². The van der Waals surface area contributed by atoms with Gasteiger partial charge in [-0.2, -0.15) is 18.4 Å². The molecule has 3 aromatic rings. The number of unbranched alkanes of at least 4 members (excludes halogenated alkanes) is 1. The summed E-state index contributed by atoms with van der Waals surface area (Å²) >= 11 is 0. The number of alkyl halides is 3. The molecule has 134 valence electrons. The highest BCUT2D eigenvalue weighted by molar-refractivity contribution is 5.92. The zero-order valence-corrected chi connectivity index (χ0v) is 14.0. The number of rotatable bonds is 5. The van der Waals surface area contributed by atoms with E-state index in [1.54, 1.807) is 24.3 Å². The second kappa shape index (κ2) is 7.22. The number of benzene rings is 2. The average Bonchev–Trinajstić information content (AvgIpc) is 2.99. The monoisotopic (exact) mass is 357 g/mol. The minimum absolute atomic E-state index is 0.123. The van der Waals surface area contributed by atoms with Crippen LogP contribution in [0.1, 0.15) is 29.5 Å². The minimum atomic E-state index is -4.44. The standard InChI is InChI=1S/C20H18F3N3/c21-20(22,23)17-7-2-1-6-15(17)19-14(5-3-4-10-24)16-11-13(12-25)8-9-18(16)26-19/h1-2,6-9,11,26H,3-5,10,24H2. The molecular formula is C20H18F3N3. The van der Waals surface area contributed by atoms with Crippen LogP contribution in [0, 0.1) is 11.3 Å². The Hall–Kier alpha value is -2.78. The van der Waals surface area contributed by atoms with E-state index in [-0.39, 0.29) is 5.56 Å². The van der Waals surface area contributed by atoms with Crippen LogP contribution in [0.15, 0.2) is 42.5 Å². The fourth-order valence-corrected chi connectivity index (χ4v) is 3.20. The van der Waals surface area contributed by atoms with Crippen molar-refractivity contribution in [3.05, 3.63) is 59.2 Å². The molecule has 0 saturated heterocycles. The van der Waals surface area contributed by atoms with Gasteiger partial charge in [-0.3, -0.25) is 0 Å². The number of halogens is 3. The summed E-state index contributed by atoms with van der Waals surface area (Å²) in [5.41, 5.74) is 7.46. The third-order valence-electron chi connectivity index (χ3n) is 4.42. The number of nitrogens with zero attached hydrogens (tertiary/aromatic N) is 1. The molecule has 1 heterocycles. The summed E-state index contributed by atoms with van der Waals surface area (Å²) in [6.07, 6.45) is -2.31. The zero-order valence-electron chi connectivity index (χ0n) is 14.0. The summed E-state index contributed by atoms with van der Waals surface area (Å²) in [6, 6.07) is 12.8. The Balaban J connectivity index is 2.23. The summed E-state index contributed by atoms with van der Waals surface area (Å²) in [7, 11) is 0. The molecule has 3 N–H and O–H groups in total. The number of fused-ring (bicyclic) bond motifs is 1. The van der Waals surface area contributed by atoms with Crippen molar-refractivity contribution in [1.82, 2.24) is 4.98 Å². The molecular weight excluding hydrogens is 339 g/mol. The van der Waals surface area contributed by atoms with Gasteiger partial charge in [-0.1, -0.05) is 18.2 Å². The average molecular weight is 357 g/mol. The van der Waals surface area contributed by atoms with Crippen molar-refractivity contribution in [1.29, 1.82) is 5.26 Å². The Kier molecular flexibility index (Phi) is 5.01. The molecule has 0 aliphatic heterocycles. The molecule has 0 aliphatic carbocycles. The van der Waals surface area contributed by atoms with E-state index < -0.39 is 11.7 Å². The Morgan fingerprint density at radius 3 is 2.54 bits per heavy atom. The number of nitrogens with one attached hydrogen (secondary N) is 1. The largest absolute Gasteiger partial charge is 0.417 e. The number of aryl methyl sites for hydroxylation is 1. The fourth-order valence-electron chi connectivity index (χ4n) is 3.20. The van der Waals surface area contributed by atoms with E-state index in [9.17, 15) is 13.2 Å². The van der Waals surface area contributed by atoms with E-state index in [1.807, 2.05) is 0 Å². The van der Waals surface area contributed by atoms with Crippen molar-refractivity contribution in [3.8, 4) is 17.3 Å². The van der Waals surface area contributed by atoms with Gasteiger partial charge in [0.15, 0.2) is 0 Å². The van der Waals surface area contributed by atoms with Crippen LogP contribution in [0.5, 0.6) is 0 Å². The van der Waals surface area contributed by atoms with Gasteiger partial charge < -0.3 is 10.7 Å². The van der Waals surface area contributed by atoms with Crippen LogP contribution < -0.4 is 5.73 Å². The number of H-pyrrole nitrogens is 1. The zero-order chi connectivity index (χ0) is 18.7. The number of nitriles is 1. The summed E-state index contributed by atoms with van der Waals surface area (Å²) in [5.74, 6) is 0. The third kappa shape index (κ3) is 3.44. The van der Waals surface area contributed by atoms with E-state index >= 15 is 0 Å². The first-order valence-corrected chi connectivity index (χ1v) is 8.37. The summed E-state index contributed by atoms with van der Waals surface area (Å²) < 4.78 is 40.4. The van der Waals surface area contributed by atoms with Crippen LogP contribution in [0.25, 0.3) is 22.2 Å². The lowest BCUT2D eigenvalue weighted by Gasteiger charge is -2.13. The van der Waals surface area contributed by atoms with Gasteiger partial charge in [-0.05, 0) is 55.6 Å². The first-order valence-electron chi connectivity index (χ1n) is 8.37. The highest BCUT2D eigenvalue weighted by atomic mass is 19.4. The maximum Gasteiger partial charge on any atom is 0.417 e. The Labute approximate surface area is 149 Å². The van der Waals surface area contributed by atoms with Crippen molar-refractivity contribution in [2.75, 3.05) is 6.54 Å². The van der Waals surface area contributed by atoms with Gasteiger partial charge in [0.05, 0.1) is 22.9 Å². The molecule has 0 bridgehead atoms. The van der Waals surface area contributed by atoms with Gasteiger partial charge in [0, 0.05) is 16.5 Å². The SMILES string of the molecule is N#Cc1ccc2[nH]c(-c3ccccc3C(F)(F)F)c(CCCCN)c2c1. The lowest BCUT2D eigenvalue weighted by molar-refractivity contribution is -0.137. The van der Waals surface area contributed by atoms with Crippen molar-refractivity contribution >= 4 is 10.9 Å². The second-order valence-corrected chi connectivity index (χ2v) is 6.14. The number of nitrogens with two attached hydrogens (primary N) is 1.